The van der Waals surface area contributed by atoms with Gasteiger partial charge in [-0.25, -0.2) is 12.7 Å². The molecular formula is C11H22N2O2S2. The fourth-order valence-corrected chi connectivity index (χ4v) is 4.64. The summed E-state index contributed by atoms with van der Waals surface area (Å²) in [4.78, 5) is 0.0881. The number of hydrogen-bond donors (Lipinski definition) is 1. The molecule has 0 amide bonds. The summed E-state index contributed by atoms with van der Waals surface area (Å²) in [5, 5.41) is -0.698. The van der Waals surface area contributed by atoms with Gasteiger partial charge < -0.3 is 5.73 Å². The first-order valence-electron chi connectivity index (χ1n) is 6.21. The van der Waals surface area contributed by atoms with Crippen LogP contribution >= 0.6 is 12.2 Å². The van der Waals surface area contributed by atoms with Crippen molar-refractivity contribution in [1.29, 1.82) is 0 Å². The second-order valence-electron chi connectivity index (χ2n) is 4.59. The number of nitrogens with two attached hydrogens (primary N) is 1. The molecule has 1 heterocycles. The first kappa shape index (κ1) is 14.9. The van der Waals surface area contributed by atoms with Crippen molar-refractivity contribution in [2.75, 3.05) is 13.1 Å². The van der Waals surface area contributed by atoms with Gasteiger partial charge in [-0.3, -0.25) is 0 Å². The molecule has 1 rings (SSSR count). The van der Waals surface area contributed by atoms with Gasteiger partial charge in [0.05, 0.1) is 4.99 Å². The predicted molar refractivity (Wildman–Crippen MR) is 74.4 cm³/mol. The van der Waals surface area contributed by atoms with Gasteiger partial charge in [0.15, 0.2) is 0 Å². The molecule has 100 valence electrons. The molecule has 1 saturated heterocycles. The lowest BCUT2D eigenvalue weighted by Gasteiger charge is -2.33. The molecule has 1 unspecified atom stereocenters. The zero-order valence-corrected chi connectivity index (χ0v) is 12.2. The minimum Gasteiger partial charge on any atom is -0.392 e. The van der Waals surface area contributed by atoms with Crippen LogP contribution in [0.1, 0.15) is 39.5 Å². The van der Waals surface area contributed by atoms with E-state index in [2.05, 4.69) is 6.92 Å². The number of nitrogens with zero attached hydrogens (tertiary/aromatic N) is 1. The van der Waals surface area contributed by atoms with Crippen molar-refractivity contribution >= 4 is 27.2 Å². The largest absolute Gasteiger partial charge is 0.392 e. The topological polar surface area (TPSA) is 63.4 Å². The van der Waals surface area contributed by atoms with Crippen LogP contribution in [-0.4, -0.2) is 36.1 Å². The molecule has 6 heteroatoms. The van der Waals surface area contributed by atoms with Crippen LogP contribution in [-0.2, 0) is 10.0 Å². The van der Waals surface area contributed by atoms with Gasteiger partial charge in [-0.2, -0.15) is 0 Å². The smallest absolute Gasteiger partial charge is 0.223 e. The second kappa shape index (κ2) is 6.11. The minimum atomic E-state index is -3.34. The molecule has 1 aliphatic heterocycles. The van der Waals surface area contributed by atoms with E-state index >= 15 is 0 Å². The van der Waals surface area contributed by atoms with E-state index in [1.54, 1.807) is 11.2 Å². The minimum absolute atomic E-state index is 0.0881. The van der Waals surface area contributed by atoms with Crippen molar-refractivity contribution in [2.24, 2.45) is 11.7 Å². The Hall–Kier alpha value is -0.200. The van der Waals surface area contributed by atoms with Crippen molar-refractivity contribution in [3.8, 4) is 0 Å². The highest BCUT2D eigenvalue weighted by Gasteiger charge is 2.34. The lowest BCUT2D eigenvalue weighted by Crippen LogP contribution is -2.47. The highest BCUT2D eigenvalue weighted by Crippen LogP contribution is 2.24. The normalized spacial score (nSPS) is 21.3. The Morgan fingerprint density at radius 2 is 1.94 bits per heavy atom. The monoisotopic (exact) mass is 278 g/mol. The summed E-state index contributed by atoms with van der Waals surface area (Å²) in [6, 6.07) is 0. The number of hydrogen-bond acceptors (Lipinski definition) is 3. The van der Waals surface area contributed by atoms with Crippen LogP contribution in [0.25, 0.3) is 0 Å². The first-order chi connectivity index (χ1) is 7.93. The van der Waals surface area contributed by atoms with E-state index < -0.39 is 15.3 Å². The van der Waals surface area contributed by atoms with Crippen LogP contribution in [0, 0.1) is 5.92 Å². The Kier molecular flexibility index (Phi) is 5.34. The molecule has 0 aromatic rings. The maximum absolute atomic E-state index is 12.3. The average molecular weight is 278 g/mol. The van der Waals surface area contributed by atoms with Crippen LogP contribution < -0.4 is 5.73 Å². The zero-order chi connectivity index (χ0) is 13.1. The van der Waals surface area contributed by atoms with E-state index in [4.69, 9.17) is 18.0 Å². The van der Waals surface area contributed by atoms with Gasteiger partial charge in [-0.05, 0) is 25.2 Å². The van der Waals surface area contributed by atoms with Gasteiger partial charge in [0.1, 0.15) is 5.25 Å². The maximum atomic E-state index is 12.3. The van der Waals surface area contributed by atoms with E-state index in [9.17, 15) is 8.42 Å². The summed E-state index contributed by atoms with van der Waals surface area (Å²) in [6.45, 7) is 5.18. The second-order valence-corrected chi connectivity index (χ2v) is 7.18. The quantitative estimate of drug-likeness (QED) is 0.774. The fraction of sp³-hybridized carbons (Fsp3) is 0.909. The van der Waals surface area contributed by atoms with Crippen LogP contribution in [0.5, 0.6) is 0 Å². The van der Waals surface area contributed by atoms with E-state index in [0.717, 1.165) is 19.3 Å². The van der Waals surface area contributed by atoms with Crippen molar-refractivity contribution in [3.05, 3.63) is 0 Å². The summed E-state index contributed by atoms with van der Waals surface area (Å²) < 4.78 is 26.2. The predicted octanol–water partition coefficient (Wildman–Crippen LogP) is 1.50. The number of piperidine rings is 1. The summed E-state index contributed by atoms with van der Waals surface area (Å²) in [6.07, 6.45) is 3.47. The number of rotatable bonds is 5. The van der Waals surface area contributed by atoms with Gasteiger partial charge in [-0.1, -0.05) is 32.5 Å². The molecule has 0 aromatic carbocycles. The Labute approximate surface area is 110 Å². The molecule has 0 aliphatic carbocycles. The maximum Gasteiger partial charge on any atom is 0.223 e. The zero-order valence-electron chi connectivity index (χ0n) is 10.6. The fourth-order valence-electron chi connectivity index (χ4n) is 2.31. The van der Waals surface area contributed by atoms with Crippen LogP contribution in [0.3, 0.4) is 0 Å². The van der Waals surface area contributed by atoms with Crippen LogP contribution in [0.15, 0.2) is 0 Å². The van der Waals surface area contributed by atoms with Crippen LogP contribution in [0.4, 0.5) is 0 Å². The molecule has 0 aromatic heterocycles. The lowest BCUT2D eigenvalue weighted by atomic mass is 9.96. The summed E-state index contributed by atoms with van der Waals surface area (Å²) in [5.41, 5.74) is 5.52. The molecule has 0 spiro atoms. The summed E-state index contributed by atoms with van der Waals surface area (Å²) in [7, 11) is -3.34. The van der Waals surface area contributed by atoms with Crippen LogP contribution in [0.2, 0.25) is 0 Å². The Bertz CT molecular complexity index is 360. The molecule has 0 saturated carbocycles. The van der Waals surface area contributed by atoms with E-state index in [1.165, 1.54) is 0 Å². The Morgan fingerprint density at radius 3 is 2.29 bits per heavy atom. The molecule has 4 nitrogen and oxygen atoms in total. The van der Waals surface area contributed by atoms with Gasteiger partial charge >= 0.3 is 0 Å². The number of sulfonamides is 1. The Morgan fingerprint density at radius 1 is 1.41 bits per heavy atom. The van der Waals surface area contributed by atoms with Gasteiger partial charge in [-0.15, -0.1) is 0 Å². The molecule has 17 heavy (non-hydrogen) atoms. The third-order valence-corrected chi connectivity index (χ3v) is 6.38. The van der Waals surface area contributed by atoms with Crippen molar-refractivity contribution in [3.63, 3.8) is 0 Å². The molecular weight excluding hydrogens is 256 g/mol. The highest BCUT2D eigenvalue weighted by molar-refractivity contribution is 7.92. The van der Waals surface area contributed by atoms with Gasteiger partial charge in [0, 0.05) is 13.1 Å². The summed E-state index contributed by atoms with van der Waals surface area (Å²) in [5.74, 6) is 0.659. The van der Waals surface area contributed by atoms with Crippen molar-refractivity contribution in [2.45, 2.75) is 44.8 Å². The van der Waals surface area contributed by atoms with Crippen molar-refractivity contribution in [1.82, 2.24) is 4.31 Å². The highest BCUT2D eigenvalue weighted by atomic mass is 32.2. The van der Waals surface area contributed by atoms with Gasteiger partial charge in [0.25, 0.3) is 0 Å². The standard InChI is InChI=1S/C11H22N2O2S2/c1-3-9-5-7-13(8-6-9)17(14,15)10(4-2)11(12)16/h9-10H,3-8H2,1-2H3,(H2,12,16). The molecule has 2 N–H and O–H groups in total. The average Bonchev–Trinajstić information content (AvgIpc) is 2.29. The number of thiocarbonyl (C=S) groups is 1. The third-order valence-electron chi connectivity index (χ3n) is 3.56. The Balaban J connectivity index is 2.75. The molecule has 1 aliphatic rings. The summed E-state index contributed by atoms with van der Waals surface area (Å²) >= 11 is 4.85. The van der Waals surface area contributed by atoms with Crippen molar-refractivity contribution < 1.29 is 8.42 Å². The lowest BCUT2D eigenvalue weighted by molar-refractivity contribution is 0.268. The molecule has 0 radical (unpaired) electrons. The third kappa shape index (κ3) is 3.39. The molecule has 1 atom stereocenters. The van der Waals surface area contributed by atoms with E-state index in [1.807, 2.05) is 0 Å². The van der Waals surface area contributed by atoms with Gasteiger partial charge in [0.2, 0.25) is 10.0 Å². The molecule has 1 fully saturated rings. The van der Waals surface area contributed by atoms with E-state index in [-0.39, 0.29) is 4.99 Å². The van der Waals surface area contributed by atoms with E-state index in [0.29, 0.717) is 25.4 Å². The molecule has 0 bridgehead atoms. The first-order valence-corrected chi connectivity index (χ1v) is 8.12. The SMILES string of the molecule is CCC1CCN(S(=O)(=O)C(CC)C(N)=S)CC1.